The monoisotopic (exact) mass is 259 g/mol. The summed E-state index contributed by atoms with van der Waals surface area (Å²) < 4.78 is 10.4. The summed E-state index contributed by atoms with van der Waals surface area (Å²) in [4.78, 5) is 4.32. The number of fused-ring (bicyclic) bond motifs is 1. The van der Waals surface area contributed by atoms with E-state index in [9.17, 15) is 0 Å². The van der Waals surface area contributed by atoms with E-state index in [-0.39, 0.29) is 5.38 Å². The number of alkyl halides is 1. The lowest BCUT2D eigenvalue weighted by atomic mass is 10.2. The molecular weight excluding hydrogens is 249 g/mol. The normalized spacial score (nSPS) is 16.1. The predicted molar refractivity (Wildman–Crippen MR) is 64.9 cm³/mol. The quantitative estimate of drug-likeness (QED) is 0.781. The van der Waals surface area contributed by atoms with E-state index in [0.717, 1.165) is 11.3 Å². The van der Waals surface area contributed by atoms with Crippen LogP contribution in [0, 0.1) is 0 Å². The van der Waals surface area contributed by atoms with Crippen molar-refractivity contribution in [1.29, 1.82) is 0 Å². The SMILES string of the molecule is COCC(Cl)C1=Nc2cc(Cl)ccc2CO1. The third kappa shape index (κ3) is 2.48. The number of nitrogens with zero attached hydrogens (tertiary/aromatic N) is 1. The molecule has 1 atom stereocenters. The minimum Gasteiger partial charge on any atom is -0.475 e. The Balaban J connectivity index is 2.26. The van der Waals surface area contributed by atoms with Crippen molar-refractivity contribution < 1.29 is 9.47 Å². The number of rotatable bonds is 3. The molecule has 86 valence electrons. The highest BCUT2D eigenvalue weighted by molar-refractivity contribution is 6.32. The van der Waals surface area contributed by atoms with Gasteiger partial charge < -0.3 is 9.47 Å². The van der Waals surface area contributed by atoms with Crippen LogP contribution in [-0.4, -0.2) is 25.0 Å². The predicted octanol–water partition coefficient (Wildman–Crippen LogP) is 3.15. The zero-order chi connectivity index (χ0) is 11.5. The molecule has 0 N–H and O–H groups in total. The minimum atomic E-state index is -0.364. The molecule has 0 aliphatic carbocycles. The van der Waals surface area contributed by atoms with Gasteiger partial charge in [0.25, 0.3) is 0 Å². The molecule has 0 spiro atoms. The van der Waals surface area contributed by atoms with Crippen molar-refractivity contribution in [2.75, 3.05) is 13.7 Å². The molecule has 2 rings (SSSR count). The smallest absolute Gasteiger partial charge is 0.209 e. The van der Waals surface area contributed by atoms with Crippen LogP contribution in [0.5, 0.6) is 0 Å². The second kappa shape index (κ2) is 5.04. The van der Waals surface area contributed by atoms with Crippen LogP contribution in [0.2, 0.25) is 5.02 Å². The zero-order valence-corrected chi connectivity index (χ0v) is 10.3. The molecule has 0 saturated heterocycles. The van der Waals surface area contributed by atoms with E-state index in [1.54, 1.807) is 13.2 Å². The molecule has 0 saturated carbocycles. The van der Waals surface area contributed by atoms with Gasteiger partial charge in [-0.2, -0.15) is 0 Å². The van der Waals surface area contributed by atoms with Gasteiger partial charge in [-0.05, 0) is 12.1 Å². The maximum atomic E-state index is 6.05. The standard InChI is InChI=1S/C11H11Cl2NO2/c1-15-6-9(13)11-14-10-4-8(12)3-2-7(10)5-16-11/h2-4,9H,5-6H2,1H3. The summed E-state index contributed by atoms with van der Waals surface area (Å²) in [7, 11) is 1.59. The molecule has 0 bridgehead atoms. The van der Waals surface area contributed by atoms with Crippen molar-refractivity contribution >= 4 is 34.8 Å². The summed E-state index contributed by atoms with van der Waals surface area (Å²) in [6, 6.07) is 5.52. The Hall–Kier alpha value is -0.770. The lowest BCUT2D eigenvalue weighted by Crippen LogP contribution is -2.24. The largest absolute Gasteiger partial charge is 0.475 e. The lowest BCUT2D eigenvalue weighted by molar-refractivity contribution is 0.196. The first-order chi connectivity index (χ1) is 7.70. The Morgan fingerprint density at radius 2 is 2.38 bits per heavy atom. The molecule has 5 heteroatoms. The molecule has 0 amide bonds. The van der Waals surface area contributed by atoms with Gasteiger partial charge in [-0.15, -0.1) is 11.6 Å². The third-order valence-electron chi connectivity index (χ3n) is 2.23. The molecule has 1 aromatic carbocycles. The maximum Gasteiger partial charge on any atom is 0.209 e. The molecular formula is C11H11Cl2NO2. The topological polar surface area (TPSA) is 30.8 Å². The van der Waals surface area contributed by atoms with Gasteiger partial charge in [-0.25, -0.2) is 4.99 Å². The van der Waals surface area contributed by atoms with E-state index >= 15 is 0 Å². The van der Waals surface area contributed by atoms with E-state index in [1.165, 1.54) is 0 Å². The molecule has 1 unspecified atom stereocenters. The molecule has 3 nitrogen and oxygen atoms in total. The molecule has 0 radical (unpaired) electrons. The van der Waals surface area contributed by atoms with Crippen LogP contribution in [0.1, 0.15) is 5.56 Å². The summed E-state index contributed by atoms with van der Waals surface area (Å²) in [5, 5.41) is 0.291. The Morgan fingerprint density at radius 3 is 3.12 bits per heavy atom. The minimum absolute atomic E-state index is 0.364. The highest BCUT2D eigenvalue weighted by Crippen LogP contribution is 2.29. The first-order valence-corrected chi connectivity index (χ1v) is 5.65. The van der Waals surface area contributed by atoms with Crippen molar-refractivity contribution in [2.45, 2.75) is 12.0 Å². The number of aliphatic imine (C=N–C) groups is 1. The van der Waals surface area contributed by atoms with Gasteiger partial charge in [0.15, 0.2) is 0 Å². The molecule has 1 aliphatic rings. The van der Waals surface area contributed by atoms with Gasteiger partial charge in [0.1, 0.15) is 12.0 Å². The number of hydrogen-bond donors (Lipinski definition) is 0. The van der Waals surface area contributed by atoms with Crippen LogP contribution in [-0.2, 0) is 16.1 Å². The Morgan fingerprint density at radius 1 is 1.56 bits per heavy atom. The molecule has 1 aromatic rings. The molecule has 16 heavy (non-hydrogen) atoms. The second-order valence-electron chi connectivity index (χ2n) is 3.43. The maximum absolute atomic E-state index is 6.05. The first kappa shape index (κ1) is 11.7. The van der Waals surface area contributed by atoms with Crippen LogP contribution in [0.15, 0.2) is 23.2 Å². The van der Waals surface area contributed by atoms with E-state index in [1.807, 2.05) is 12.1 Å². The fourth-order valence-electron chi connectivity index (χ4n) is 1.44. The first-order valence-electron chi connectivity index (χ1n) is 4.83. The van der Waals surface area contributed by atoms with Gasteiger partial charge in [-0.1, -0.05) is 17.7 Å². The Kier molecular flexibility index (Phi) is 3.69. The average molecular weight is 260 g/mol. The van der Waals surface area contributed by atoms with Crippen LogP contribution < -0.4 is 0 Å². The second-order valence-corrected chi connectivity index (χ2v) is 4.40. The van der Waals surface area contributed by atoms with Gasteiger partial charge in [0.2, 0.25) is 5.90 Å². The van der Waals surface area contributed by atoms with E-state index < -0.39 is 0 Å². The van der Waals surface area contributed by atoms with Gasteiger partial charge in [0, 0.05) is 17.7 Å². The van der Waals surface area contributed by atoms with Crippen molar-refractivity contribution in [3.8, 4) is 0 Å². The van der Waals surface area contributed by atoms with Crippen LogP contribution in [0.4, 0.5) is 5.69 Å². The summed E-state index contributed by atoms with van der Waals surface area (Å²) in [6.07, 6.45) is 0. The van der Waals surface area contributed by atoms with Crippen molar-refractivity contribution in [1.82, 2.24) is 0 Å². The molecule has 0 aromatic heterocycles. The van der Waals surface area contributed by atoms with Gasteiger partial charge in [-0.3, -0.25) is 0 Å². The van der Waals surface area contributed by atoms with Crippen LogP contribution in [0.25, 0.3) is 0 Å². The summed E-state index contributed by atoms with van der Waals surface area (Å²) in [5.74, 6) is 0.485. The zero-order valence-electron chi connectivity index (χ0n) is 8.74. The van der Waals surface area contributed by atoms with Gasteiger partial charge in [0.05, 0.1) is 12.3 Å². The van der Waals surface area contributed by atoms with E-state index in [2.05, 4.69) is 4.99 Å². The molecule has 0 fully saturated rings. The van der Waals surface area contributed by atoms with Crippen LogP contribution >= 0.6 is 23.2 Å². The summed E-state index contributed by atoms with van der Waals surface area (Å²) >= 11 is 11.9. The van der Waals surface area contributed by atoms with Crippen molar-refractivity contribution in [3.63, 3.8) is 0 Å². The number of methoxy groups -OCH3 is 1. The van der Waals surface area contributed by atoms with E-state index in [4.69, 9.17) is 32.7 Å². The average Bonchev–Trinajstić information content (AvgIpc) is 2.28. The Labute approximate surface area is 104 Å². The lowest BCUT2D eigenvalue weighted by Gasteiger charge is -2.19. The number of ether oxygens (including phenoxy) is 2. The fourth-order valence-corrected chi connectivity index (χ4v) is 1.85. The molecule has 1 heterocycles. The molecule has 1 aliphatic heterocycles. The number of halogens is 2. The third-order valence-corrected chi connectivity index (χ3v) is 2.78. The van der Waals surface area contributed by atoms with Crippen LogP contribution in [0.3, 0.4) is 0 Å². The van der Waals surface area contributed by atoms with Crippen molar-refractivity contribution in [2.24, 2.45) is 4.99 Å². The van der Waals surface area contributed by atoms with E-state index in [0.29, 0.717) is 24.1 Å². The van der Waals surface area contributed by atoms with Crippen molar-refractivity contribution in [3.05, 3.63) is 28.8 Å². The Bertz CT molecular complexity index is 420. The number of hydrogen-bond acceptors (Lipinski definition) is 3. The summed E-state index contributed by atoms with van der Waals surface area (Å²) in [5.41, 5.74) is 1.82. The highest BCUT2D eigenvalue weighted by Gasteiger charge is 2.20. The highest BCUT2D eigenvalue weighted by atomic mass is 35.5. The fraction of sp³-hybridized carbons (Fsp3) is 0.364. The number of benzene rings is 1. The van der Waals surface area contributed by atoms with Gasteiger partial charge >= 0.3 is 0 Å². The summed E-state index contributed by atoms with van der Waals surface area (Å²) in [6.45, 7) is 0.842.